The van der Waals surface area contributed by atoms with Crippen LogP contribution >= 0.6 is 0 Å². The molecule has 0 radical (unpaired) electrons. The number of alkyl halides is 9. The van der Waals surface area contributed by atoms with Crippen molar-refractivity contribution in [1.29, 1.82) is 0 Å². The molecule has 0 aliphatic heterocycles. The largest absolute Gasteiger partial charge is 0.460 e. The fourth-order valence-electron chi connectivity index (χ4n) is 1.04. The SMILES string of the molecule is C[Si](C)(N)CCC(F)(F)C(F)(F)C(F)(F)C(F)(F)F. The van der Waals surface area contributed by atoms with E-state index in [1.165, 1.54) is 13.1 Å². The van der Waals surface area contributed by atoms with E-state index < -0.39 is 44.6 Å². The van der Waals surface area contributed by atoms with Crippen LogP contribution in [0.15, 0.2) is 0 Å². The highest BCUT2D eigenvalue weighted by Crippen LogP contribution is 2.54. The van der Waals surface area contributed by atoms with Crippen molar-refractivity contribution in [3.05, 3.63) is 0 Å². The van der Waals surface area contributed by atoms with E-state index >= 15 is 0 Å². The Bertz CT molecular complexity index is 317. The molecule has 0 spiro atoms. The Morgan fingerprint density at radius 1 is 0.789 bits per heavy atom. The van der Waals surface area contributed by atoms with Crippen LogP contribution in [0, 0.1) is 0 Å². The highest BCUT2D eigenvalue weighted by atomic mass is 28.3. The van der Waals surface area contributed by atoms with Gasteiger partial charge in [-0.15, -0.1) is 0 Å². The van der Waals surface area contributed by atoms with Gasteiger partial charge in [0.15, 0.2) is 0 Å². The molecule has 0 saturated heterocycles. The third-order valence-corrected chi connectivity index (χ3v) is 3.83. The van der Waals surface area contributed by atoms with E-state index in [1.807, 2.05) is 0 Å². The van der Waals surface area contributed by atoms with Crippen molar-refractivity contribution in [1.82, 2.24) is 0 Å². The second-order valence-corrected chi connectivity index (χ2v) is 9.32. The highest BCUT2D eigenvalue weighted by molar-refractivity contribution is 6.74. The van der Waals surface area contributed by atoms with Gasteiger partial charge in [0.2, 0.25) is 0 Å². The predicted molar refractivity (Wildman–Crippen MR) is 52.0 cm³/mol. The molecule has 2 N–H and O–H groups in total. The zero-order chi connectivity index (χ0) is 15.9. The number of hydrogen-bond donors (Lipinski definition) is 1. The number of nitrogens with two attached hydrogens (primary N) is 1. The van der Waals surface area contributed by atoms with Gasteiger partial charge in [-0.05, 0) is 6.04 Å². The normalized spacial score (nSPS) is 15.8. The van der Waals surface area contributed by atoms with Crippen molar-refractivity contribution in [2.75, 3.05) is 0 Å². The number of rotatable bonds is 5. The van der Waals surface area contributed by atoms with Gasteiger partial charge in [0.05, 0.1) is 0 Å². The van der Waals surface area contributed by atoms with E-state index in [9.17, 15) is 39.5 Å². The molecule has 0 fully saturated rings. The summed E-state index contributed by atoms with van der Waals surface area (Å²) in [5, 5.41) is 5.33. The molecule has 19 heavy (non-hydrogen) atoms. The van der Waals surface area contributed by atoms with Crippen LogP contribution in [0.2, 0.25) is 19.1 Å². The second-order valence-electron chi connectivity index (χ2n) is 4.84. The number of halogens is 9. The van der Waals surface area contributed by atoms with E-state index in [2.05, 4.69) is 0 Å². The Balaban J connectivity index is 5.28. The van der Waals surface area contributed by atoms with E-state index in [0.29, 0.717) is 0 Å². The maximum atomic E-state index is 13.0. The van der Waals surface area contributed by atoms with Crippen molar-refractivity contribution in [2.45, 2.75) is 49.5 Å². The molecular formula is C8H12F9NSi. The molecule has 0 aromatic rings. The van der Waals surface area contributed by atoms with Gasteiger partial charge in [-0.2, -0.15) is 39.5 Å². The van der Waals surface area contributed by atoms with Crippen molar-refractivity contribution < 1.29 is 39.5 Å². The lowest BCUT2D eigenvalue weighted by molar-refractivity contribution is -0.396. The first-order chi connectivity index (χ1) is 7.96. The highest BCUT2D eigenvalue weighted by Gasteiger charge is 2.81. The zero-order valence-electron chi connectivity index (χ0n) is 9.89. The first-order valence-electron chi connectivity index (χ1n) is 4.95. The van der Waals surface area contributed by atoms with E-state index in [4.69, 9.17) is 5.40 Å². The van der Waals surface area contributed by atoms with Crippen LogP contribution in [0.4, 0.5) is 39.5 Å². The van der Waals surface area contributed by atoms with Gasteiger partial charge >= 0.3 is 23.9 Å². The molecule has 1 nitrogen and oxygen atoms in total. The van der Waals surface area contributed by atoms with Crippen LogP contribution in [-0.2, 0) is 0 Å². The van der Waals surface area contributed by atoms with Crippen LogP contribution in [0.25, 0.3) is 0 Å². The summed E-state index contributed by atoms with van der Waals surface area (Å²) in [4.78, 5) is 0. The number of hydrogen-bond acceptors (Lipinski definition) is 1. The summed E-state index contributed by atoms with van der Waals surface area (Å²) in [6, 6.07) is -0.719. The predicted octanol–water partition coefficient (Wildman–Crippen LogP) is 4.01. The van der Waals surface area contributed by atoms with Crippen molar-refractivity contribution >= 4 is 8.24 Å². The molecule has 0 aliphatic carbocycles. The molecule has 0 unspecified atom stereocenters. The molecular weight excluding hydrogens is 309 g/mol. The van der Waals surface area contributed by atoms with Gasteiger partial charge in [-0.1, -0.05) is 13.1 Å². The quantitative estimate of drug-likeness (QED) is 0.601. The van der Waals surface area contributed by atoms with Gasteiger partial charge in [-0.25, -0.2) is 0 Å². The third kappa shape index (κ3) is 3.77. The van der Waals surface area contributed by atoms with Gasteiger partial charge in [0.1, 0.15) is 8.24 Å². The van der Waals surface area contributed by atoms with E-state index in [1.54, 1.807) is 0 Å². The Labute approximate surface area is 104 Å². The minimum absolute atomic E-state index is 0.719. The molecule has 11 heteroatoms. The van der Waals surface area contributed by atoms with Crippen molar-refractivity contribution in [3.8, 4) is 0 Å². The maximum Gasteiger partial charge on any atom is 0.460 e. The summed E-state index contributed by atoms with van der Waals surface area (Å²) in [7, 11) is -2.79. The average Bonchev–Trinajstić information content (AvgIpc) is 2.11. The summed E-state index contributed by atoms with van der Waals surface area (Å²) in [5.41, 5.74) is 0. The molecule has 0 atom stereocenters. The lowest BCUT2D eigenvalue weighted by Crippen LogP contribution is -2.61. The van der Waals surface area contributed by atoms with Crippen LogP contribution < -0.4 is 5.40 Å². The first kappa shape index (κ1) is 18.5. The van der Waals surface area contributed by atoms with Gasteiger partial charge in [0, 0.05) is 6.42 Å². The molecule has 0 amide bonds. The van der Waals surface area contributed by atoms with E-state index in [0.717, 1.165) is 0 Å². The summed E-state index contributed by atoms with van der Waals surface area (Å²) in [6.45, 7) is 2.56. The molecule has 0 aromatic heterocycles. The summed E-state index contributed by atoms with van der Waals surface area (Å²) >= 11 is 0. The Morgan fingerprint density at radius 2 is 1.16 bits per heavy atom. The summed E-state index contributed by atoms with van der Waals surface area (Å²) < 4.78 is 112. The molecule has 0 heterocycles. The Morgan fingerprint density at radius 3 is 1.42 bits per heavy atom. The maximum absolute atomic E-state index is 13.0. The Hall–Kier alpha value is -0.453. The molecule has 0 saturated carbocycles. The molecule has 0 bridgehead atoms. The smallest absolute Gasteiger partial charge is 0.351 e. The summed E-state index contributed by atoms with van der Waals surface area (Å²) in [6.07, 6.45) is -8.60. The topological polar surface area (TPSA) is 26.0 Å². The van der Waals surface area contributed by atoms with Gasteiger partial charge in [0.25, 0.3) is 0 Å². The van der Waals surface area contributed by atoms with Crippen molar-refractivity contribution in [3.63, 3.8) is 0 Å². The van der Waals surface area contributed by atoms with Crippen LogP contribution in [-0.4, -0.2) is 32.2 Å². The lowest BCUT2D eigenvalue weighted by Gasteiger charge is -2.34. The fourth-order valence-corrected chi connectivity index (χ4v) is 2.00. The molecule has 0 aliphatic rings. The molecule has 116 valence electrons. The minimum atomic E-state index is -6.82. The van der Waals surface area contributed by atoms with Crippen molar-refractivity contribution in [2.24, 2.45) is 5.40 Å². The monoisotopic (exact) mass is 321 g/mol. The van der Waals surface area contributed by atoms with Crippen LogP contribution in [0.1, 0.15) is 6.42 Å². The Kier molecular flexibility index (Phi) is 4.71. The molecule has 0 aromatic carbocycles. The fraction of sp³-hybridized carbons (Fsp3) is 1.00. The van der Waals surface area contributed by atoms with Gasteiger partial charge in [-0.3, -0.25) is 0 Å². The first-order valence-corrected chi connectivity index (χ1v) is 8.23. The van der Waals surface area contributed by atoms with Gasteiger partial charge < -0.3 is 5.40 Å². The second kappa shape index (κ2) is 4.83. The van der Waals surface area contributed by atoms with Crippen LogP contribution in [0.5, 0.6) is 0 Å². The lowest BCUT2D eigenvalue weighted by atomic mass is 10.0. The zero-order valence-corrected chi connectivity index (χ0v) is 10.9. The third-order valence-electron chi connectivity index (χ3n) is 2.29. The van der Waals surface area contributed by atoms with E-state index in [-0.39, 0.29) is 0 Å². The molecule has 0 rings (SSSR count). The standard InChI is InChI=1S/C8H12F9NSi/c1-19(2,18)4-3-5(9,10)6(11,12)7(13,14)8(15,16)17/h3-4,18H2,1-2H3. The van der Waals surface area contributed by atoms with Crippen LogP contribution in [0.3, 0.4) is 0 Å². The minimum Gasteiger partial charge on any atom is -0.351 e. The summed E-state index contributed by atoms with van der Waals surface area (Å²) in [5.74, 6) is -18.8. The average molecular weight is 321 g/mol.